The number of hydrogen-bond acceptors (Lipinski definition) is 1. The molecule has 0 bridgehead atoms. The van der Waals surface area contributed by atoms with Gasteiger partial charge in [0.15, 0.2) is 0 Å². The molecule has 2 aliphatic carbocycles. The molecule has 0 aromatic rings. The average Bonchev–Trinajstić information content (AvgIpc) is 2.69. The van der Waals surface area contributed by atoms with Crippen LogP contribution in [0.2, 0.25) is 0 Å². The van der Waals surface area contributed by atoms with Crippen LogP contribution in [0.4, 0.5) is 0 Å². The molecule has 0 spiro atoms. The number of carbonyl (C=O) groups excluding carboxylic acids is 1. The van der Waals surface area contributed by atoms with Crippen LogP contribution in [0, 0.1) is 11.8 Å². The summed E-state index contributed by atoms with van der Waals surface area (Å²) in [4.78, 5) is 13.8. The van der Waals surface area contributed by atoms with Gasteiger partial charge in [0.1, 0.15) is 0 Å². The first kappa shape index (κ1) is 9.04. The fourth-order valence-electron chi connectivity index (χ4n) is 2.40. The van der Waals surface area contributed by atoms with Gasteiger partial charge >= 0.3 is 0 Å². The molecule has 0 heterocycles. The third-order valence-corrected chi connectivity index (χ3v) is 3.65. The highest BCUT2D eigenvalue weighted by atomic mass is 16.2. The van der Waals surface area contributed by atoms with Gasteiger partial charge < -0.3 is 4.90 Å². The van der Waals surface area contributed by atoms with Crippen molar-refractivity contribution in [2.24, 2.45) is 11.8 Å². The van der Waals surface area contributed by atoms with Crippen LogP contribution in [0.1, 0.15) is 39.0 Å². The van der Waals surface area contributed by atoms with Gasteiger partial charge in [-0.15, -0.1) is 0 Å². The first-order chi connectivity index (χ1) is 6.20. The Morgan fingerprint density at radius 1 is 1.31 bits per heavy atom. The van der Waals surface area contributed by atoms with E-state index in [1.54, 1.807) is 0 Å². The molecule has 2 rings (SSSR count). The maximum absolute atomic E-state index is 11.8. The van der Waals surface area contributed by atoms with Crippen molar-refractivity contribution in [2.75, 3.05) is 7.05 Å². The fourth-order valence-corrected chi connectivity index (χ4v) is 2.40. The lowest BCUT2D eigenvalue weighted by atomic mass is 10.2. The third kappa shape index (κ3) is 1.72. The van der Waals surface area contributed by atoms with E-state index in [2.05, 4.69) is 6.92 Å². The molecule has 2 atom stereocenters. The lowest BCUT2D eigenvalue weighted by Gasteiger charge is -2.24. The zero-order valence-electron chi connectivity index (χ0n) is 8.62. The molecule has 0 aromatic carbocycles. The minimum absolute atomic E-state index is 0.366. The van der Waals surface area contributed by atoms with Gasteiger partial charge in [0, 0.05) is 19.0 Å². The summed E-state index contributed by atoms with van der Waals surface area (Å²) in [6, 6.07) is 0.556. The normalized spacial score (nSPS) is 33.4. The monoisotopic (exact) mass is 181 g/mol. The molecule has 0 saturated heterocycles. The summed E-state index contributed by atoms with van der Waals surface area (Å²) in [7, 11) is 1.99. The molecule has 2 saturated carbocycles. The Kier molecular flexibility index (Phi) is 2.31. The summed E-state index contributed by atoms with van der Waals surface area (Å²) in [6.45, 7) is 2.17. The Hall–Kier alpha value is -0.530. The van der Waals surface area contributed by atoms with Crippen molar-refractivity contribution in [2.45, 2.75) is 45.1 Å². The molecule has 13 heavy (non-hydrogen) atoms. The summed E-state index contributed by atoms with van der Waals surface area (Å²) >= 11 is 0. The van der Waals surface area contributed by atoms with Crippen molar-refractivity contribution < 1.29 is 4.79 Å². The van der Waals surface area contributed by atoms with Gasteiger partial charge in [-0.1, -0.05) is 19.8 Å². The SMILES string of the molecule is CC1CC1C(=O)N(C)C1CCCC1. The van der Waals surface area contributed by atoms with E-state index in [9.17, 15) is 4.79 Å². The largest absolute Gasteiger partial charge is 0.343 e. The van der Waals surface area contributed by atoms with Crippen LogP contribution >= 0.6 is 0 Å². The van der Waals surface area contributed by atoms with Gasteiger partial charge in [0.25, 0.3) is 0 Å². The Morgan fingerprint density at radius 2 is 1.85 bits per heavy atom. The highest BCUT2D eigenvalue weighted by Crippen LogP contribution is 2.40. The van der Waals surface area contributed by atoms with Crippen LogP contribution in [0.3, 0.4) is 0 Å². The lowest BCUT2D eigenvalue weighted by molar-refractivity contribution is -0.133. The number of amides is 1. The van der Waals surface area contributed by atoms with E-state index >= 15 is 0 Å². The standard InChI is InChI=1S/C11H19NO/c1-8-7-10(8)11(13)12(2)9-5-3-4-6-9/h8-10H,3-7H2,1-2H3. The number of rotatable bonds is 2. The summed E-state index contributed by atoms with van der Waals surface area (Å²) < 4.78 is 0. The molecular formula is C11H19NO. The Bertz CT molecular complexity index is 208. The molecule has 2 fully saturated rings. The smallest absolute Gasteiger partial charge is 0.225 e. The van der Waals surface area contributed by atoms with Crippen LogP contribution in [-0.2, 0) is 4.79 Å². The molecule has 2 nitrogen and oxygen atoms in total. The van der Waals surface area contributed by atoms with Crippen LogP contribution < -0.4 is 0 Å². The van der Waals surface area contributed by atoms with E-state index in [-0.39, 0.29) is 0 Å². The van der Waals surface area contributed by atoms with Gasteiger partial charge in [0.05, 0.1) is 0 Å². The molecule has 2 unspecified atom stereocenters. The van der Waals surface area contributed by atoms with Crippen LogP contribution in [0.5, 0.6) is 0 Å². The average molecular weight is 181 g/mol. The van der Waals surface area contributed by atoms with Crippen LogP contribution in [0.15, 0.2) is 0 Å². The maximum atomic E-state index is 11.8. The summed E-state index contributed by atoms with van der Waals surface area (Å²) in [5.74, 6) is 1.42. The minimum atomic E-state index is 0.366. The van der Waals surface area contributed by atoms with Crippen molar-refractivity contribution in [3.05, 3.63) is 0 Å². The van der Waals surface area contributed by atoms with Gasteiger partial charge in [-0.2, -0.15) is 0 Å². The Morgan fingerprint density at radius 3 is 2.31 bits per heavy atom. The maximum Gasteiger partial charge on any atom is 0.225 e. The van der Waals surface area contributed by atoms with Gasteiger partial charge in [-0.05, 0) is 25.2 Å². The third-order valence-electron chi connectivity index (χ3n) is 3.65. The highest BCUT2D eigenvalue weighted by Gasteiger charge is 2.42. The molecule has 2 heteroatoms. The van der Waals surface area contributed by atoms with E-state index in [1.165, 1.54) is 25.7 Å². The van der Waals surface area contributed by atoms with Crippen molar-refractivity contribution in [3.63, 3.8) is 0 Å². The number of nitrogens with zero attached hydrogens (tertiary/aromatic N) is 1. The summed E-state index contributed by atoms with van der Waals surface area (Å²) in [5, 5.41) is 0. The molecular weight excluding hydrogens is 162 g/mol. The zero-order chi connectivity index (χ0) is 9.42. The van der Waals surface area contributed by atoms with E-state index in [0.29, 0.717) is 23.8 Å². The predicted octanol–water partition coefficient (Wildman–Crippen LogP) is 2.04. The Balaban J connectivity index is 1.88. The van der Waals surface area contributed by atoms with Crippen LogP contribution in [0.25, 0.3) is 0 Å². The zero-order valence-corrected chi connectivity index (χ0v) is 8.62. The van der Waals surface area contributed by atoms with Crippen molar-refractivity contribution in [3.8, 4) is 0 Å². The van der Waals surface area contributed by atoms with Crippen molar-refractivity contribution in [1.82, 2.24) is 4.90 Å². The molecule has 1 amide bonds. The van der Waals surface area contributed by atoms with E-state index in [0.717, 1.165) is 6.42 Å². The van der Waals surface area contributed by atoms with E-state index in [4.69, 9.17) is 0 Å². The molecule has 0 aromatic heterocycles. The minimum Gasteiger partial charge on any atom is -0.343 e. The molecule has 74 valence electrons. The first-order valence-corrected chi connectivity index (χ1v) is 5.47. The molecule has 0 radical (unpaired) electrons. The topological polar surface area (TPSA) is 20.3 Å². The lowest BCUT2D eigenvalue weighted by Crippen LogP contribution is -2.36. The number of hydrogen-bond donors (Lipinski definition) is 0. The van der Waals surface area contributed by atoms with E-state index < -0.39 is 0 Å². The fraction of sp³-hybridized carbons (Fsp3) is 0.909. The predicted molar refractivity (Wildman–Crippen MR) is 52.3 cm³/mol. The Labute approximate surface area is 80.3 Å². The van der Waals surface area contributed by atoms with Crippen LogP contribution in [-0.4, -0.2) is 23.9 Å². The summed E-state index contributed by atoms with van der Waals surface area (Å²) in [5.41, 5.74) is 0. The summed E-state index contributed by atoms with van der Waals surface area (Å²) in [6.07, 6.45) is 6.19. The van der Waals surface area contributed by atoms with E-state index in [1.807, 2.05) is 11.9 Å². The van der Waals surface area contributed by atoms with Gasteiger partial charge in [-0.25, -0.2) is 0 Å². The highest BCUT2D eigenvalue weighted by molar-refractivity contribution is 5.81. The number of carbonyl (C=O) groups is 1. The molecule has 0 N–H and O–H groups in total. The molecule has 2 aliphatic rings. The second kappa shape index (κ2) is 3.32. The van der Waals surface area contributed by atoms with Gasteiger partial charge in [0.2, 0.25) is 5.91 Å². The molecule has 0 aliphatic heterocycles. The van der Waals surface area contributed by atoms with Crippen molar-refractivity contribution in [1.29, 1.82) is 0 Å². The van der Waals surface area contributed by atoms with Gasteiger partial charge in [-0.3, -0.25) is 4.79 Å². The quantitative estimate of drug-likeness (QED) is 0.638. The first-order valence-electron chi connectivity index (χ1n) is 5.47. The second-order valence-corrected chi connectivity index (χ2v) is 4.71. The second-order valence-electron chi connectivity index (χ2n) is 4.71. The van der Waals surface area contributed by atoms with Crippen molar-refractivity contribution >= 4 is 5.91 Å².